The van der Waals surface area contributed by atoms with Gasteiger partial charge < -0.3 is 4.74 Å². The predicted molar refractivity (Wildman–Crippen MR) is 140 cm³/mol. The second kappa shape index (κ2) is 11.6. The van der Waals surface area contributed by atoms with Crippen LogP contribution < -0.4 is 10.1 Å². The van der Waals surface area contributed by atoms with Crippen LogP contribution in [0.3, 0.4) is 0 Å². The van der Waals surface area contributed by atoms with Crippen molar-refractivity contribution in [2.75, 3.05) is 17.7 Å². The molecule has 0 aliphatic heterocycles. The minimum atomic E-state index is -0.229. The number of carbonyl (C=O) groups excluding carboxylic acids is 1. The molecule has 0 unspecified atom stereocenters. The van der Waals surface area contributed by atoms with Crippen LogP contribution in [0.1, 0.15) is 24.4 Å². The molecule has 0 saturated heterocycles. The summed E-state index contributed by atoms with van der Waals surface area (Å²) in [6, 6.07) is 21.6. The van der Waals surface area contributed by atoms with Gasteiger partial charge in [0.2, 0.25) is 11.0 Å². The van der Waals surface area contributed by atoms with E-state index in [1.807, 2.05) is 74.5 Å². The summed E-state index contributed by atoms with van der Waals surface area (Å²) in [6.45, 7) is 4.51. The van der Waals surface area contributed by atoms with Gasteiger partial charge >= 0.3 is 0 Å². The van der Waals surface area contributed by atoms with E-state index >= 15 is 0 Å². The Balaban J connectivity index is 1.65. The van der Waals surface area contributed by atoms with Crippen molar-refractivity contribution in [3.8, 4) is 34.2 Å². The van der Waals surface area contributed by atoms with Gasteiger partial charge in [0.1, 0.15) is 21.9 Å². The maximum atomic E-state index is 12.6. The van der Waals surface area contributed by atoms with Gasteiger partial charge in [0.05, 0.1) is 23.6 Å². The fourth-order valence-corrected chi connectivity index (χ4v) is 4.85. The first-order chi connectivity index (χ1) is 17.1. The van der Waals surface area contributed by atoms with E-state index in [9.17, 15) is 10.1 Å². The number of rotatable bonds is 9. The Kier molecular flexibility index (Phi) is 8.08. The van der Waals surface area contributed by atoms with Gasteiger partial charge in [-0.2, -0.15) is 5.26 Å². The number of carbonyl (C=O) groups is 1. The van der Waals surface area contributed by atoms with Gasteiger partial charge in [-0.05, 0) is 49.2 Å². The molecule has 0 fully saturated rings. The molecule has 0 aliphatic carbocycles. The largest absolute Gasteiger partial charge is 0.494 e. The lowest BCUT2D eigenvalue weighted by atomic mass is 9.99. The highest BCUT2D eigenvalue weighted by molar-refractivity contribution is 8.00. The fourth-order valence-electron chi connectivity index (χ4n) is 3.35. The Labute approximate surface area is 212 Å². The van der Waals surface area contributed by atoms with Crippen molar-refractivity contribution in [2.45, 2.75) is 25.3 Å². The molecule has 0 saturated carbocycles. The number of nitriles is 1. The summed E-state index contributed by atoms with van der Waals surface area (Å²) in [5, 5.41) is 22.6. The Hall–Kier alpha value is -3.74. The smallest absolute Gasteiger partial charge is 0.236 e. The molecule has 1 N–H and O–H groups in total. The molecule has 9 heteroatoms. The van der Waals surface area contributed by atoms with Crippen molar-refractivity contribution in [3.05, 3.63) is 71.2 Å². The minimum Gasteiger partial charge on any atom is -0.494 e. The molecule has 0 atom stereocenters. The first-order valence-corrected chi connectivity index (χ1v) is 12.9. The topological polar surface area (TPSA) is 101 Å². The third kappa shape index (κ3) is 6.04. The Morgan fingerprint density at radius 3 is 2.51 bits per heavy atom. The number of hydrogen-bond donors (Lipinski definition) is 1. The van der Waals surface area contributed by atoms with E-state index in [4.69, 9.17) is 9.72 Å². The number of hydrogen-bond acceptors (Lipinski definition) is 8. The first kappa shape index (κ1) is 24.4. The van der Waals surface area contributed by atoms with Crippen LogP contribution in [0, 0.1) is 11.3 Å². The van der Waals surface area contributed by atoms with Crippen LogP contribution >= 0.6 is 23.1 Å². The van der Waals surface area contributed by atoms with Crippen molar-refractivity contribution in [1.82, 2.24) is 15.2 Å². The van der Waals surface area contributed by atoms with E-state index in [2.05, 4.69) is 21.6 Å². The average Bonchev–Trinajstić information content (AvgIpc) is 3.35. The number of aryl methyl sites for hydroxylation is 1. The molecule has 0 bridgehead atoms. The van der Waals surface area contributed by atoms with Gasteiger partial charge in [0, 0.05) is 11.1 Å². The van der Waals surface area contributed by atoms with Crippen LogP contribution in [0.4, 0.5) is 5.13 Å². The van der Waals surface area contributed by atoms with E-state index in [-0.39, 0.29) is 11.7 Å². The summed E-state index contributed by atoms with van der Waals surface area (Å²) in [6.07, 6.45) is 0.762. The van der Waals surface area contributed by atoms with E-state index in [1.165, 1.54) is 23.1 Å². The second-order valence-electron chi connectivity index (χ2n) is 7.36. The van der Waals surface area contributed by atoms with Crippen LogP contribution in [-0.4, -0.2) is 33.4 Å². The van der Waals surface area contributed by atoms with Crippen LogP contribution in [0.15, 0.2) is 65.7 Å². The van der Waals surface area contributed by atoms with Gasteiger partial charge in [-0.1, -0.05) is 60.4 Å². The number of thioether (sulfide) groups is 1. The number of ether oxygens (including phenoxy) is 1. The molecular formula is C26H23N5O2S2. The normalized spacial score (nSPS) is 10.5. The number of benzene rings is 2. The van der Waals surface area contributed by atoms with Crippen molar-refractivity contribution in [3.63, 3.8) is 0 Å². The highest BCUT2D eigenvalue weighted by atomic mass is 32.2. The monoisotopic (exact) mass is 501 g/mol. The van der Waals surface area contributed by atoms with Crippen LogP contribution in [0.5, 0.6) is 5.75 Å². The van der Waals surface area contributed by atoms with Gasteiger partial charge in [-0.25, -0.2) is 4.98 Å². The lowest BCUT2D eigenvalue weighted by Crippen LogP contribution is -2.14. The van der Waals surface area contributed by atoms with Crippen molar-refractivity contribution in [1.29, 1.82) is 5.26 Å². The summed E-state index contributed by atoms with van der Waals surface area (Å²) < 4.78 is 5.55. The predicted octanol–water partition coefficient (Wildman–Crippen LogP) is 5.83. The maximum Gasteiger partial charge on any atom is 0.236 e. The van der Waals surface area contributed by atoms with E-state index in [0.29, 0.717) is 28.0 Å². The SMILES string of the molecule is CCOc1ccc(-c2cc(-c3ccccc3)c(C#N)c(SCC(=O)Nc3nnc(CC)s3)n2)cc1. The van der Waals surface area contributed by atoms with Crippen molar-refractivity contribution in [2.24, 2.45) is 0 Å². The summed E-state index contributed by atoms with van der Waals surface area (Å²) in [7, 11) is 0. The number of anilines is 1. The Bertz CT molecular complexity index is 1350. The number of nitrogens with zero attached hydrogens (tertiary/aromatic N) is 4. The standard InChI is InChI=1S/C26H23N5O2S2/c1-3-24-30-31-26(35-24)29-23(32)16-34-25-21(15-27)20(17-8-6-5-7-9-17)14-22(28-25)18-10-12-19(13-11-18)33-4-2/h5-14H,3-4,16H2,1-2H3,(H,29,31,32). The van der Waals surface area contributed by atoms with E-state index in [0.717, 1.165) is 33.9 Å². The summed E-state index contributed by atoms with van der Waals surface area (Å²) in [5.41, 5.74) is 3.72. The van der Waals surface area contributed by atoms with Crippen LogP contribution in [0.2, 0.25) is 0 Å². The van der Waals surface area contributed by atoms with Crippen molar-refractivity contribution >= 4 is 34.1 Å². The highest BCUT2D eigenvalue weighted by Gasteiger charge is 2.17. The van der Waals surface area contributed by atoms with Gasteiger partial charge in [0.15, 0.2) is 0 Å². The molecule has 4 rings (SSSR count). The fraction of sp³-hybridized carbons (Fsp3) is 0.192. The summed E-state index contributed by atoms with van der Waals surface area (Å²) in [5.74, 6) is 0.638. The second-order valence-corrected chi connectivity index (χ2v) is 9.39. The first-order valence-electron chi connectivity index (χ1n) is 11.1. The van der Waals surface area contributed by atoms with Crippen LogP contribution in [0.25, 0.3) is 22.4 Å². The van der Waals surface area contributed by atoms with E-state index in [1.54, 1.807) is 0 Å². The zero-order valence-electron chi connectivity index (χ0n) is 19.3. The Morgan fingerprint density at radius 1 is 1.09 bits per heavy atom. The van der Waals surface area contributed by atoms with Crippen molar-refractivity contribution < 1.29 is 9.53 Å². The maximum absolute atomic E-state index is 12.6. The molecule has 2 heterocycles. The number of amides is 1. The molecule has 176 valence electrons. The van der Waals surface area contributed by atoms with Gasteiger partial charge in [-0.15, -0.1) is 10.2 Å². The molecule has 35 heavy (non-hydrogen) atoms. The zero-order chi connectivity index (χ0) is 24.6. The molecule has 2 aromatic heterocycles. The molecule has 0 aliphatic rings. The quantitative estimate of drug-likeness (QED) is 0.288. The minimum absolute atomic E-state index is 0.0870. The third-order valence-corrected chi connectivity index (χ3v) is 6.96. The Morgan fingerprint density at radius 2 is 1.86 bits per heavy atom. The van der Waals surface area contributed by atoms with E-state index < -0.39 is 0 Å². The number of aromatic nitrogens is 3. The zero-order valence-corrected chi connectivity index (χ0v) is 20.9. The average molecular weight is 502 g/mol. The number of pyridine rings is 1. The molecule has 1 amide bonds. The molecule has 4 aromatic rings. The molecule has 0 spiro atoms. The lowest BCUT2D eigenvalue weighted by Gasteiger charge is -2.13. The van der Waals surface area contributed by atoms with Crippen LogP contribution in [-0.2, 0) is 11.2 Å². The summed E-state index contributed by atoms with van der Waals surface area (Å²) in [4.78, 5) is 17.3. The molecule has 2 aromatic carbocycles. The lowest BCUT2D eigenvalue weighted by molar-refractivity contribution is -0.113. The van der Waals surface area contributed by atoms with Gasteiger partial charge in [-0.3, -0.25) is 10.1 Å². The molecule has 7 nitrogen and oxygen atoms in total. The highest BCUT2D eigenvalue weighted by Crippen LogP contribution is 2.34. The third-order valence-electron chi connectivity index (χ3n) is 5.00. The molecule has 0 radical (unpaired) electrons. The number of nitrogens with one attached hydrogen (secondary N) is 1. The molecular weight excluding hydrogens is 478 g/mol. The summed E-state index contributed by atoms with van der Waals surface area (Å²) >= 11 is 2.58. The van der Waals surface area contributed by atoms with Gasteiger partial charge in [0.25, 0.3) is 0 Å².